The van der Waals surface area contributed by atoms with Gasteiger partial charge in [0.05, 0.1) is 18.1 Å². The Morgan fingerprint density at radius 2 is 1.93 bits per heavy atom. The predicted octanol–water partition coefficient (Wildman–Crippen LogP) is 2.31. The van der Waals surface area contributed by atoms with Gasteiger partial charge in [-0.25, -0.2) is 4.79 Å². The van der Waals surface area contributed by atoms with Gasteiger partial charge in [-0.3, -0.25) is 10.1 Å². The van der Waals surface area contributed by atoms with Gasteiger partial charge in [0, 0.05) is 12.6 Å². The molecule has 3 N–H and O–H groups in total. The first-order chi connectivity index (χ1) is 13.4. The van der Waals surface area contributed by atoms with Gasteiger partial charge in [-0.05, 0) is 23.6 Å². The van der Waals surface area contributed by atoms with E-state index in [9.17, 15) is 25.1 Å². The molecule has 150 valence electrons. The number of aliphatic hydroxyl groups excluding tert-OH is 2. The normalized spacial score (nSPS) is 12.7. The summed E-state index contributed by atoms with van der Waals surface area (Å²) in [5, 5.41) is 33.9. The van der Waals surface area contributed by atoms with Crippen LogP contribution in [0.1, 0.15) is 23.7 Å². The van der Waals surface area contributed by atoms with Gasteiger partial charge in [-0.2, -0.15) is 0 Å². The van der Waals surface area contributed by atoms with Crippen molar-refractivity contribution in [1.29, 1.82) is 0 Å². The van der Waals surface area contributed by atoms with Crippen LogP contribution in [-0.2, 0) is 11.3 Å². The zero-order valence-corrected chi connectivity index (χ0v) is 15.3. The average molecular weight is 390 g/mol. The second-order valence-electron chi connectivity index (χ2n) is 5.98. The van der Waals surface area contributed by atoms with E-state index < -0.39 is 23.2 Å². The van der Waals surface area contributed by atoms with Crippen LogP contribution in [-0.4, -0.2) is 41.0 Å². The summed E-state index contributed by atoms with van der Waals surface area (Å²) in [4.78, 5) is 22.1. The number of methoxy groups -OCH3 is 1. The molecule has 0 aliphatic rings. The topological polar surface area (TPSA) is 131 Å². The van der Waals surface area contributed by atoms with Crippen LogP contribution in [0.5, 0.6) is 5.75 Å². The lowest BCUT2D eigenvalue weighted by atomic mass is 10.0. The Morgan fingerprint density at radius 3 is 2.57 bits per heavy atom. The van der Waals surface area contributed by atoms with Crippen LogP contribution in [0.15, 0.2) is 48.5 Å². The third kappa shape index (κ3) is 5.93. The number of nitro groups is 1. The van der Waals surface area contributed by atoms with Crippen LogP contribution >= 0.6 is 0 Å². The number of ether oxygens (including phenoxy) is 2. The maximum Gasteiger partial charge on any atom is 0.407 e. The number of carbonyl (C=O) groups is 1. The standard InChI is InChI=1S/C19H22N2O7/c1-27-17-8-7-14(11-15(17)21(25)26)18(23)16(22)9-10-20-19(24)28-12-13-5-3-2-4-6-13/h2-8,11,16,18,22-23H,9-10,12H2,1H3,(H,20,24). The van der Waals surface area contributed by atoms with Crippen molar-refractivity contribution in [2.24, 2.45) is 0 Å². The molecule has 0 bridgehead atoms. The van der Waals surface area contributed by atoms with Gasteiger partial charge in [0.2, 0.25) is 0 Å². The van der Waals surface area contributed by atoms with Crippen molar-refractivity contribution >= 4 is 11.8 Å². The highest BCUT2D eigenvalue weighted by Crippen LogP contribution is 2.31. The average Bonchev–Trinajstić information content (AvgIpc) is 2.71. The molecular formula is C19H22N2O7. The lowest BCUT2D eigenvalue weighted by Gasteiger charge is -2.18. The molecule has 28 heavy (non-hydrogen) atoms. The first-order valence-electron chi connectivity index (χ1n) is 8.55. The first kappa shape index (κ1) is 21.1. The van der Waals surface area contributed by atoms with Gasteiger partial charge in [0.1, 0.15) is 12.7 Å². The number of rotatable bonds is 9. The summed E-state index contributed by atoms with van der Waals surface area (Å²) in [7, 11) is 1.30. The minimum atomic E-state index is -1.35. The summed E-state index contributed by atoms with van der Waals surface area (Å²) in [6.45, 7) is 0.178. The predicted molar refractivity (Wildman–Crippen MR) is 99.9 cm³/mol. The molecule has 0 spiro atoms. The fourth-order valence-electron chi connectivity index (χ4n) is 2.51. The summed E-state index contributed by atoms with van der Waals surface area (Å²) in [6.07, 6.45) is -3.21. The molecule has 2 unspecified atom stereocenters. The molecule has 2 rings (SSSR count). The van der Waals surface area contributed by atoms with Crippen LogP contribution in [0.4, 0.5) is 10.5 Å². The van der Waals surface area contributed by atoms with E-state index in [1.54, 1.807) is 0 Å². The number of hydrogen-bond acceptors (Lipinski definition) is 7. The van der Waals surface area contributed by atoms with Gasteiger partial charge in [-0.15, -0.1) is 0 Å². The zero-order chi connectivity index (χ0) is 20.5. The van der Waals surface area contributed by atoms with Crippen molar-refractivity contribution in [3.8, 4) is 5.75 Å². The van der Waals surface area contributed by atoms with Gasteiger partial charge in [0.25, 0.3) is 0 Å². The maximum absolute atomic E-state index is 11.7. The third-order valence-corrected chi connectivity index (χ3v) is 4.03. The van der Waals surface area contributed by atoms with Crippen LogP contribution < -0.4 is 10.1 Å². The highest BCUT2D eigenvalue weighted by atomic mass is 16.6. The number of alkyl carbamates (subject to hydrolysis) is 1. The fourth-order valence-corrected chi connectivity index (χ4v) is 2.51. The lowest BCUT2D eigenvalue weighted by Crippen LogP contribution is -2.29. The van der Waals surface area contributed by atoms with E-state index in [0.29, 0.717) is 0 Å². The summed E-state index contributed by atoms with van der Waals surface area (Å²) in [5.74, 6) is 0.0540. The third-order valence-electron chi connectivity index (χ3n) is 4.03. The van der Waals surface area contributed by atoms with Crippen molar-refractivity contribution in [1.82, 2.24) is 5.32 Å². The summed E-state index contributed by atoms with van der Waals surface area (Å²) in [6, 6.07) is 13.1. The van der Waals surface area contributed by atoms with Gasteiger partial charge in [-0.1, -0.05) is 36.4 Å². The molecule has 1 amide bonds. The van der Waals surface area contributed by atoms with Crippen molar-refractivity contribution in [2.75, 3.05) is 13.7 Å². The highest BCUT2D eigenvalue weighted by Gasteiger charge is 2.23. The Balaban J connectivity index is 1.82. The molecule has 9 nitrogen and oxygen atoms in total. The molecule has 2 aromatic carbocycles. The van der Waals surface area contributed by atoms with Crippen molar-refractivity contribution in [3.05, 3.63) is 69.8 Å². The molecule has 0 fully saturated rings. The molecule has 0 heterocycles. The molecule has 0 saturated heterocycles. The molecule has 0 saturated carbocycles. The second kappa shape index (κ2) is 10.2. The minimum absolute atomic E-state index is 0.0292. The lowest BCUT2D eigenvalue weighted by molar-refractivity contribution is -0.385. The molecule has 0 aliphatic heterocycles. The monoisotopic (exact) mass is 390 g/mol. The van der Waals surface area contributed by atoms with E-state index in [0.717, 1.165) is 11.6 Å². The quantitative estimate of drug-likeness (QED) is 0.442. The summed E-state index contributed by atoms with van der Waals surface area (Å²) >= 11 is 0. The molecular weight excluding hydrogens is 368 g/mol. The largest absolute Gasteiger partial charge is 0.490 e. The van der Waals surface area contributed by atoms with E-state index >= 15 is 0 Å². The molecule has 0 radical (unpaired) electrons. The van der Waals surface area contributed by atoms with E-state index in [4.69, 9.17) is 9.47 Å². The SMILES string of the molecule is COc1ccc(C(O)C(O)CCNC(=O)OCc2ccccc2)cc1[N+](=O)[O-]. The van der Waals surface area contributed by atoms with Crippen molar-refractivity contribution in [2.45, 2.75) is 25.2 Å². The Labute approximate surface area is 161 Å². The zero-order valence-electron chi connectivity index (χ0n) is 15.3. The van der Waals surface area contributed by atoms with E-state index in [-0.39, 0.29) is 36.6 Å². The Morgan fingerprint density at radius 1 is 1.21 bits per heavy atom. The first-order valence-corrected chi connectivity index (χ1v) is 8.55. The van der Waals surface area contributed by atoms with Gasteiger partial charge >= 0.3 is 11.8 Å². The van der Waals surface area contributed by atoms with Crippen LogP contribution in [0.2, 0.25) is 0 Å². The number of amides is 1. The number of nitro benzene ring substituents is 1. The van der Waals surface area contributed by atoms with Gasteiger partial charge in [0.15, 0.2) is 5.75 Å². The van der Waals surface area contributed by atoms with Crippen LogP contribution in [0, 0.1) is 10.1 Å². The number of carbonyl (C=O) groups excluding carboxylic acids is 1. The number of nitrogens with one attached hydrogen (secondary N) is 1. The van der Waals surface area contributed by atoms with Crippen molar-refractivity contribution in [3.63, 3.8) is 0 Å². The number of aliphatic hydroxyl groups is 2. The van der Waals surface area contributed by atoms with Crippen LogP contribution in [0.3, 0.4) is 0 Å². The smallest absolute Gasteiger partial charge is 0.407 e. The van der Waals surface area contributed by atoms with E-state index in [1.165, 1.54) is 19.2 Å². The van der Waals surface area contributed by atoms with E-state index in [1.807, 2.05) is 30.3 Å². The summed E-state index contributed by atoms with van der Waals surface area (Å²) < 4.78 is 9.94. The van der Waals surface area contributed by atoms with Gasteiger partial charge < -0.3 is 25.0 Å². The second-order valence-corrected chi connectivity index (χ2v) is 5.98. The van der Waals surface area contributed by atoms with Crippen molar-refractivity contribution < 1.29 is 29.4 Å². The Bertz CT molecular complexity index is 798. The Kier molecular flexibility index (Phi) is 7.73. The summed E-state index contributed by atoms with van der Waals surface area (Å²) in [5.41, 5.74) is 0.703. The molecule has 9 heteroatoms. The number of hydrogen-bond donors (Lipinski definition) is 3. The highest BCUT2D eigenvalue weighted by molar-refractivity contribution is 5.67. The Hall–Kier alpha value is -3.17. The number of nitrogens with zero attached hydrogens (tertiary/aromatic N) is 1. The number of benzene rings is 2. The molecule has 2 atom stereocenters. The molecule has 0 aliphatic carbocycles. The minimum Gasteiger partial charge on any atom is -0.490 e. The maximum atomic E-state index is 11.7. The fraction of sp³-hybridized carbons (Fsp3) is 0.316. The van der Waals surface area contributed by atoms with Crippen LogP contribution in [0.25, 0.3) is 0 Å². The molecule has 2 aromatic rings. The van der Waals surface area contributed by atoms with E-state index in [2.05, 4.69) is 5.32 Å². The molecule has 0 aromatic heterocycles.